The molecule has 1 fully saturated rings. The molecule has 0 aromatic carbocycles. The smallest absolute Gasteiger partial charge is 0.0589 e. The Labute approximate surface area is 102 Å². The highest BCUT2D eigenvalue weighted by Gasteiger charge is 2.30. The zero-order chi connectivity index (χ0) is 12.3. The van der Waals surface area contributed by atoms with Crippen LogP contribution >= 0.6 is 0 Å². The fraction of sp³-hybridized carbons (Fsp3) is 0.615. The molecule has 0 saturated carbocycles. The van der Waals surface area contributed by atoms with Crippen LogP contribution < -0.4 is 5.73 Å². The average molecular weight is 235 g/mol. The topological polar surface area (TPSA) is 62.4 Å². The third-order valence-electron chi connectivity index (χ3n) is 3.66. The van der Waals surface area contributed by atoms with Gasteiger partial charge < -0.3 is 10.8 Å². The molecule has 0 aliphatic carbocycles. The van der Waals surface area contributed by atoms with Crippen molar-refractivity contribution in [1.29, 1.82) is 0 Å². The quantitative estimate of drug-likeness (QED) is 0.808. The number of aliphatic hydroxyl groups excluding tert-OH is 1. The lowest BCUT2D eigenvalue weighted by atomic mass is 10.0. The maximum absolute atomic E-state index is 9.41. The van der Waals surface area contributed by atoms with E-state index in [1.807, 2.05) is 12.3 Å². The van der Waals surface area contributed by atoms with Gasteiger partial charge in [-0.25, -0.2) is 0 Å². The van der Waals surface area contributed by atoms with Gasteiger partial charge in [-0.15, -0.1) is 0 Å². The van der Waals surface area contributed by atoms with Gasteiger partial charge in [-0.2, -0.15) is 0 Å². The van der Waals surface area contributed by atoms with Gasteiger partial charge in [0.25, 0.3) is 0 Å². The molecule has 2 atom stereocenters. The van der Waals surface area contributed by atoms with E-state index < -0.39 is 0 Å². The second-order valence-electron chi connectivity index (χ2n) is 4.85. The lowest BCUT2D eigenvalue weighted by Crippen LogP contribution is -2.34. The minimum absolute atomic E-state index is 0.246. The molecule has 2 heterocycles. The van der Waals surface area contributed by atoms with Crippen LogP contribution in [-0.4, -0.2) is 34.2 Å². The number of hydrogen-bond acceptors (Lipinski definition) is 4. The molecule has 1 aromatic rings. The summed E-state index contributed by atoms with van der Waals surface area (Å²) in [5.74, 6) is 0.579. The minimum Gasteiger partial charge on any atom is -0.395 e. The van der Waals surface area contributed by atoms with Gasteiger partial charge in [0, 0.05) is 25.3 Å². The highest BCUT2D eigenvalue weighted by Crippen LogP contribution is 2.25. The zero-order valence-corrected chi connectivity index (χ0v) is 10.3. The Kier molecular flexibility index (Phi) is 4.10. The van der Waals surface area contributed by atoms with E-state index in [1.54, 1.807) is 0 Å². The summed E-state index contributed by atoms with van der Waals surface area (Å²) in [5.41, 5.74) is 7.74. The van der Waals surface area contributed by atoms with Gasteiger partial charge in [0.2, 0.25) is 0 Å². The third-order valence-corrected chi connectivity index (χ3v) is 3.66. The van der Waals surface area contributed by atoms with Crippen molar-refractivity contribution in [2.75, 3.05) is 13.2 Å². The summed E-state index contributed by atoms with van der Waals surface area (Å²) in [5, 5.41) is 9.41. The van der Waals surface area contributed by atoms with Gasteiger partial charge in [0.1, 0.15) is 0 Å². The van der Waals surface area contributed by atoms with Gasteiger partial charge >= 0.3 is 0 Å². The van der Waals surface area contributed by atoms with Gasteiger partial charge in [0.15, 0.2) is 0 Å². The SMILES string of the molecule is CC1CCN(Cc2ccnc(CN)c2)C1CO. The number of nitrogens with two attached hydrogens (primary N) is 1. The van der Waals surface area contributed by atoms with Crippen molar-refractivity contribution in [3.05, 3.63) is 29.6 Å². The van der Waals surface area contributed by atoms with Crippen LogP contribution in [0.3, 0.4) is 0 Å². The van der Waals surface area contributed by atoms with E-state index in [4.69, 9.17) is 5.73 Å². The Morgan fingerprint density at radius 1 is 1.59 bits per heavy atom. The van der Waals surface area contributed by atoms with Crippen molar-refractivity contribution in [2.45, 2.75) is 32.5 Å². The van der Waals surface area contributed by atoms with Gasteiger partial charge in [-0.05, 0) is 36.6 Å². The molecule has 1 aliphatic heterocycles. The third kappa shape index (κ3) is 2.83. The normalized spacial score (nSPS) is 25.4. The van der Waals surface area contributed by atoms with Gasteiger partial charge in [-0.3, -0.25) is 9.88 Å². The Balaban J connectivity index is 2.04. The molecule has 0 spiro atoms. The van der Waals surface area contributed by atoms with E-state index in [0.29, 0.717) is 18.5 Å². The summed E-state index contributed by atoms with van der Waals surface area (Å²) in [6, 6.07) is 4.37. The van der Waals surface area contributed by atoms with Crippen LogP contribution in [-0.2, 0) is 13.1 Å². The number of nitrogens with zero attached hydrogens (tertiary/aromatic N) is 2. The lowest BCUT2D eigenvalue weighted by molar-refractivity contribution is 0.134. The second kappa shape index (κ2) is 5.58. The number of rotatable bonds is 4. The maximum Gasteiger partial charge on any atom is 0.0589 e. The van der Waals surface area contributed by atoms with E-state index in [2.05, 4.69) is 22.9 Å². The summed E-state index contributed by atoms with van der Waals surface area (Å²) in [6.45, 7) is 4.88. The monoisotopic (exact) mass is 235 g/mol. The van der Waals surface area contributed by atoms with Crippen LogP contribution in [0.1, 0.15) is 24.6 Å². The van der Waals surface area contributed by atoms with Crippen LogP contribution in [0.4, 0.5) is 0 Å². The first-order chi connectivity index (χ1) is 8.24. The molecule has 0 radical (unpaired) electrons. The zero-order valence-electron chi connectivity index (χ0n) is 10.3. The van der Waals surface area contributed by atoms with Gasteiger partial charge in [0.05, 0.1) is 12.3 Å². The minimum atomic E-state index is 0.246. The van der Waals surface area contributed by atoms with Crippen LogP contribution in [0.25, 0.3) is 0 Å². The van der Waals surface area contributed by atoms with Crippen molar-refractivity contribution in [3.63, 3.8) is 0 Å². The Morgan fingerprint density at radius 3 is 3.12 bits per heavy atom. The van der Waals surface area contributed by atoms with Crippen LogP contribution in [0, 0.1) is 5.92 Å². The molecule has 2 unspecified atom stereocenters. The highest BCUT2D eigenvalue weighted by atomic mass is 16.3. The summed E-state index contributed by atoms with van der Waals surface area (Å²) in [7, 11) is 0. The molecule has 4 heteroatoms. The van der Waals surface area contributed by atoms with Gasteiger partial charge in [-0.1, -0.05) is 6.92 Å². The number of likely N-dealkylation sites (tertiary alicyclic amines) is 1. The molecule has 1 aromatic heterocycles. The van der Waals surface area contributed by atoms with E-state index in [9.17, 15) is 5.11 Å². The number of aromatic nitrogens is 1. The van der Waals surface area contributed by atoms with Crippen molar-refractivity contribution in [3.8, 4) is 0 Å². The van der Waals surface area contributed by atoms with Crippen molar-refractivity contribution >= 4 is 0 Å². The predicted octanol–water partition coefficient (Wildman–Crippen LogP) is 0.743. The van der Waals surface area contributed by atoms with Crippen LogP contribution in [0.5, 0.6) is 0 Å². The maximum atomic E-state index is 9.41. The second-order valence-corrected chi connectivity index (χ2v) is 4.85. The summed E-state index contributed by atoms with van der Waals surface area (Å²) >= 11 is 0. The van der Waals surface area contributed by atoms with E-state index in [0.717, 1.165) is 18.8 Å². The fourth-order valence-corrected chi connectivity index (χ4v) is 2.55. The molecule has 17 heavy (non-hydrogen) atoms. The Morgan fingerprint density at radius 2 is 2.41 bits per heavy atom. The van der Waals surface area contributed by atoms with Crippen molar-refractivity contribution in [2.24, 2.45) is 11.7 Å². The first-order valence-electron chi connectivity index (χ1n) is 6.23. The molecule has 0 amide bonds. The molecule has 1 aliphatic rings. The van der Waals surface area contributed by atoms with E-state index in [-0.39, 0.29) is 6.61 Å². The molecule has 2 rings (SSSR count). The predicted molar refractivity (Wildman–Crippen MR) is 67.2 cm³/mol. The molecular weight excluding hydrogens is 214 g/mol. The van der Waals surface area contributed by atoms with Crippen molar-refractivity contribution in [1.82, 2.24) is 9.88 Å². The molecule has 4 nitrogen and oxygen atoms in total. The Hall–Kier alpha value is -0.970. The first-order valence-corrected chi connectivity index (χ1v) is 6.23. The fourth-order valence-electron chi connectivity index (χ4n) is 2.55. The average Bonchev–Trinajstić information content (AvgIpc) is 2.70. The molecule has 1 saturated heterocycles. The van der Waals surface area contributed by atoms with Crippen LogP contribution in [0.15, 0.2) is 18.3 Å². The van der Waals surface area contributed by atoms with E-state index in [1.165, 1.54) is 12.0 Å². The molecule has 94 valence electrons. The van der Waals surface area contributed by atoms with E-state index >= 15 is 0 Å². The first kappa shape index (κ1) is 12.5. The number of pyridine rings is 1. The molecular formula is C13H21N3O. The molecule has 0 bridgehead atoms. The summed E-state index contributed by atoms with van der Waals surface area (Å²) in [4.78, 5) is 6.54. The summed E-state index contributed by atoms with van der Waals surface area (Å²) in [6.07, 6.45) is 2.98. The number of hydrogen-bond donors (Lipinski definition) is 2. The summed E-state index contributed by atoms with van der Waals surface area (Å²) < 4.78 is 0. The van der Waals surface area contributed by atoms with Crippen LogP contribution in [0.2, 0.25) is 0 Å². The lowest BCUT2D eigenvalue weighted by Gasteiger charge is -2.25. The number of aliphatic hydroxyl groups is 1. The Bertz CT molecular complexity index is 369. The van der Waals surface area contributed by atoms with Crippen molar-refractivity contribution < 1.29 is 5.11 Å². The standard InChI is InChI=1S/C13H21N3O/c1-10-3-5-16(13(10)9-17)8-11-2-4-15-12(6-11)7-14/h2,4,6,10,13,17H,3,5,7-9,14H2,1H3. The largest absolute Gasteiger partial charge is 0.395 e. The highest BCUT2D eigenvalue weighted by molar-refractivity contribution is 5.16. The molecule has 3 N–H and O–H groups in total.